The van der Waals surface area contributed by atoms with Crippen LogP contribution in [0.25, 0.3) is 0 Å². The van der Waals surface area contributed by atoms with Gasteiger partial charge in [0.05, 0.1) is 14.2 Å². The van der Waals surface area contributed by atoms with Gasteiger partial charge in [0.1, 0.15) is 17.1 Å². The van der Waals surface area contributed by atoms with E-state index in [9.17, 15) is 4.79 Å². The van der Waals surface area contributed by atoms with Crippen LogP contribution >= 0.6 is 7.92 Å². The predicted molar refractivity (Wildman–Crippen MR) is 127 cm³/mol. The van der Waals surface area contributed by atoms with Gasteiger partial charge >= 0.3 is 0 Å². The average Bonchev–Trinajstić information content (AvgIpc) is 2.56. The van der Waals surface area contributed by atoms with Crippen molar-refractivity contribution in [3.05, 3.63) is 23.8 Å². The van der Waals surface area contributed by atoms with Crippen molar-refractivity contribution in [1.29, 1.82) is 0 Å². The molecule has 2 unspecified atom stereocenters. The first-order chi connectivity index (χ1) is 13.3. The molecule has 0 heterocycles. The molecule has 0 saturated heterocycles. The Morgan fingerprint density at radius 2 is 1.24 bits per heavy atom. The van der Waals surface area contributed by atoms with E-state index in [1.807, 2.05) is 18.2 Å². The van der Waals surface area contributed by atoms with Crippen molar-refractivity contribution < 1.29 is 14.3 Å². The molecule has 0 spiro atoms. The maximum Gasteiger partial charge on any atom is 0.191 e. The summed E-state index contributed by atoms with van der Waals surface area (Å²) in [6.07, 6.45) is 4.16. The van der Waals surface area contributed by atoms with Crippen LogP contribution in [0.2, 0.25) is 0 Å². The monoisotopic (exact) mass is 422 g/mol. The van der Waals surface area contributed by atoms with Crippen molar-refractivity contribution in [1.82, 2.24) is 0 Å². The summed E-state index contributed by atoms with van der Waals surface area (Å²) >= 11 is 0. The molecule has 1 rings (SSSR count). The highest BCUT2D eigenvalue weighted by molar-refractivity contribution is 7.75. The molecular weight excluding hydrogens is 379 g/mol. The molecular formula is C25H43O3P. The Morgan fingerprint density at radius 3 is 1.55 bits per heavy atom. The fourth-order valence-electron chi connectivity index (χ4n) is 4.43. The zero-order chi connectivity index (χ0) is 22.4. The largest absolute Gasteiger partial charge is 0.496 e. The summed E-state index contributed by atoms with van der Waals surface area (Å²) in [4.78, 5) is 13.8. The number of ether oxygens (including phenoxy) is 2. The normalized spacial score (nSPS) is 15.5. The van der Waals surface area contributed by atoms with Crippen molar-refractivity contribution in [2.24, 2.45) is 22.7 Å². The van der Waals surface area contributed by atoms with Gasteiger partial charge < -0.3 is 9.47 Å². The van der Waals surface area contributed by atoms with Gasteiger partial charge in [0, 0.05) is 0 Å². The molecule has 0 fully saturated rings. The average molecular weight is 423 g/mol. The van der Waals surface area contributed by atoms with Crippen LogP contribution in [0.5, 0.6) is 11.5 Å². The highest BCUT2D eigenvalue weighted by Crippen LogP contribution is 2.49. The second-order valence-electron chi connectivity index (χ2n) is 11.0. The van der Waals surface area contributed by atoms with E-state index in [0.29, 0.717) is 28.9 Å². The van der Waals surface area contributed by atoms with E-state index in [-0.39, 0.29) is 16.4 Å². The van der Waals surface area contributed by atoms with Crippen molar-refractivity contribution in [3.63, 3.8) is 0 Å². The van der Waals surface area contributed by atoms with E-state index in [1.54, 1.807) is 14.2 Å². The maximum atomic E-state index is 13.8. The van der Waals surface area contributed by atoms with Crippen LogP contribution in [0.15, 0.2) is 18.2 Å². The minimum atomic E-state index is -0.826. The predicted octanol–water partition coefficient (Wildman–Crippen LogP) is 7.47. The fourth-order valence-corrected chi connectivity index (χ4v) is 7.21. The van der Waals surface area contributed by atoms with Crippen molar-refractivity contribution >= 4 is 13.4 Å². The van der Waals surface area contributed by atoms with E-state index in [4.69, 9.17) is 9.47 Å². The second-order valence-corrected chi connectivity index (χ2v) is 13.2. The SMILES string of the molecule is COc1cccc(OC)c1C(=O)P(CC(C)CC(C)(C)C)CC(C)CC(C)(C)C. The summed E-state index contributed by atoms with van der Waals surface area (Å²) in [6.45, 7) is 18.2. The first kappa shape index (κ1) is 26.0. The number of carbonyl (C=O) groups is 1. The van der Waals surface area contributed by atoms with Gasteiger partial charge in [0.15, 0.2) is 5.52 Å². The Bertz CT molecular complexity index is 609. The first-order valence-corrected chi connectivity index (χ1v) is 12.5. The molecule has 0 aromatic heterocycles. The van der Waals surface area contributed by atoms with Crippen LogP contribution < -0.4 is 9.47 Å². The summed E-state index contributed by atoms with van der Waals surface area (Å²) in [5.41, 5.74) is 1.37. The van der Waals surface area contributed by atoms with Crippen molar-refractivity contribution in [3.8, 4) is 11.5 Å². The zero-order valence-corrected chi connectivity index (χ0v) is 21.3. The zero-order valence-electron chi connectivity index (χ0n) is 20.4. The van der Waals surface area contributed by atoms with Crippen LogP contribution in [0, 0.1) is 22.7 Å². The smallest absolute Gasteiger partial charge is 0.191 e. The van der Waals surface area contributed by atoms with E-state index in [2.05, 4.69) is 55.4 Å². The Morgan fingerprint density at radius 1 is 0.862 bits per heavy atom. The van der Waals surface area contributed by atoms with Gasteiger partial charge in [0.25, 0.3) is 0 Å². The van der Waals surface area contributed by atoms with Crippen LogP contribution in [-0.4, -0.2) is 32.1 Å². The lowest BCUT2D eigenvalue weighted by Crippen LogP contribution is -2.19. The fraction of sp³-hybridized carbons (Fsp3) is 0.720. The number of hydrogen-bond donors (Lipinski definition) is 0. The minimum Gasteiger partial charge on any atom is -0.496 e. The molecule has 4 heteroatoms. The molecule has 0 aliphatic rings. The summed E-state index contributed by atoms with van der Waals surface area (Å²) in [5, 5.41) is 0. The van der Waals surface area contributed by atoms with Gasteiger partial charge in [0.2, 0.25) is 0 Å². The Hall–Kier alpha value is -1.08. The van der Waals surface area contributed by atoms with Gasteiger partial charge in [-0.25, -0.2) is 0 Å². The summed E-state index contributed by atoms with van der Waals surface area (Å²) in [7, 11) is 2.42. The number of methoxy groups -OCH3 is 2. The molecule has 0 aliphatic carbocycles. The quantitative estimate of drug-likeness (QED) is 0.367. The molecule has 0 saturated carbocycles. The summed E-state index contributed by atoms with van der Waals surface area (Å²) in [6, 6.07) is 5.60. The van der Waals surface area contributed by atoms with E-state index < -0.39 is 7.92 Å². The standard InChI is InChI=1S/C25H43O3P/c1-18(14-24(3,4)5)16-29(17-19(2)15-25(6,7)8)23(26)22-20(27-9)12-11-13-21(22)28-10/h11-13,18-19H,14-17H2,1-10H3. The number of hydrogen-bond acceptors (Lipinski definition) is 3. The Labute approximate surface area is 180 Å². The molecule has 1 aromatic rings. The van der Waals surface area contributed by atoms with Gasteiger partial charge in [-0.3, -0.25) is 4.79 Å². The molecule has 0 bridgehead atoms. The van der Waals surface area contributed by atoms with Gasteiger partial charge in [-0.05, 0) is 67.9 Å². The highest BCUT2D eigenvalue weighted by Gasteiger charge is 2.30. The van der Waals surface area contributed by atoms with Gasteiger partial charge in [-0.15, -0.1) is 0 Å². The van der Waals surface area contributed by atoms with Gasteiger partial charge in [-0.1, -0.05) is 61.5 Å². The third-order valence-electron chi connectivity index (χ3n) is 4.91. The van der Waals surface area contributed by atoms with Gasteiger partial charge in [-0.2, -0.15) is 0 Å². The number of carbonyl (C=O) groups excluding carboxylic acids is 1. The summed E-state index contributed by atoms with van der Waals surface area (Å²) < 4.78 is 11.1. The third kappa shape index (κ3) is 9.08. The summed E-state index contributed by atoms with van der Waals surface area (Å²) in [5.74, 6) is 2.25. The van der Waals surface area contributed by atoms with Crippen LogP contribution in [0.4, 0.5) is 0 Å². The first-order valence-electron chi connectivity index (χ1n) is 10.8. The Balaban J connectivity index is 3.20. The topological polar surface area (TPSA) is 35.5 Å². The van der Waals surface area contributed by atoms with Crippen LogP contribution in [0.3, 0.4) is 0 Å². The van der Waals surface area contributed by atoms with E-state index in [0.717, 1.165) is 25.2 Å². The lowest BCUT2D eigenvalue weighted by atomic mass is 9.86. The lowest BCUT2D eigenvalue weighted by molar-refractivity contribution is 0.107. The second kappa shape index (κ2) is 10.8. The van der Waals surface area contributed by atoms with Crippen molar-refractivity contribution in [2.45, 2.75) is 68.2 Å². The molecule has 0 aliphatic heterocycles. The minimum absolute atomic E-state index is 0.218. The van der Waals surface area contributed by atoms with Crippen molar-refractivity contribution in [2.75, 3.05) is 26.5 Å². The van der Waals surface area contributed by atoms with Crippen LogP contribution in [0.1, 0.15) is 78.6 Å². The molecule has 0 N–H and O–H groups in total. The molecule has 2 atom stereocenters. The Kier molecular flexibility index (Phi) is 9.67. The lowest BCUT2D eigenvalue weighted by Gasteiger charge is -2.30. The van der Waals surface area contributed by atoms with E-state index in [1.165, 1.54) is 0 Å². The molecule has 166 valence electrons. The molecule has 3 nitrogen and oxygen atoms in total. The number of rotatable bonds is 10. The van der Waals surface area contributed by atoms with Crippen LogP contribution in [-0.2, 0) is 0 Å². The molecule has 0 amide bonds. The third-order valence-corrected chi connectivity index (χ3v) is 7.84. The van der Waals surface area contributed by atoms with E-state index >= 15 is 0 Å². The molecule has 0 radical (unpaired) electrons. The highest BCUT2D eigenvalue weighted by atomic mass is 31.1. The molecule has 1 aromatic carbocycles. The maximum absolute atomic E-state index is 13.8. The number of benzene rings is 1. The molecule has 29 heavy (non-hydrogen) atoms.